The summed E-state index contributed by atoms with van der Waals surface area (Å²) in [5.41, 5.74) is 0. The minimum atomic E-state index is 0. The molecule has 1 aromatic rings. The zero-order valence-corrected chi connectivity index (χ0v) is 12.6. The zero-order chi connectivity index (χ0) is 8.24. The van der Waals surface area contributed by atoms with Crippen molar-refractivity contribution in [3.05, 3.63) is 36.4 Å². The first kappa shape index (κ1) is 23.3. The van der Waals surface area contributed by atoms with E-state index in [1.54, 1.807) is 0 Å². The third kappa shape index (κ3) is 22.5. The molecule has 3 N–H and O–H groups in total. The third-order valence-corrected chi connectivity index (χ3v) is 0.607. The second-order valence-corrected chi connectivity index (χ2v) is 1.08. The predicted octanol–water partition coefficient (Wildman–Crippen LogP) is 1.11. The Kier molecular flexibility index (Phi) is 57.1. The molecule has 0 aliphatic carbocycles. The Balaban J connectivity index is -0.0000000480. The molecule has 2 radical (unpaired) electrons. The van der Waals surface area contributed by atoms with Crippen LogP contribution in [0.2, 0.25) is 0 Å². The van der Waals surface area contributed by atoms with Gasteiger partial charge in [-0.15, -0.1) is 0 Å². The molecule has 0 spiro atoms. The SMILES string of the molecule is CO.OO.[Y].[Y].[c-]1ccccc1. The predicted molar refractivity (Wildman–Crippen MR) is 38.7 cm³/mol. The van der Waals surface area contributed by atoms with Crippen LogP contribution in [0, 0.1) is 6.07 Å². The molecule has 0 unspecified atom stereocenters. The van der Waals surface area contributed by atoms with Crippen LogP contribution < -0.4 is 0 Å². The molecule has 0 amide bonds. The van der Waals surface area contributed by atoms with E-state index in [-0.39, 0.29) is 65.4 Å². The molecule has 0 atom stereocenters. The Morgan fingerprint density at radius 2 is 1.17 bits per heavy atom. The van der Waals surface area contributed by atoms with Gasteiger partial charge < -0.3 is 5.11 Å². The topological polar surface area (TPSA) is 60.7 Å². The molecule has 1 rings (SSSR count). The van der Waals surface area contributed by atoms with Crippen molar-refractivity contribution in [2.75, 3.05) is 7.11 Å². The van der Waals surface area contributed by atoms with Gasteiger partial charge in [-0.2, -0.15) is 36.4 Å². The molecular weight excluding hydrogens is 310 g/mol. The van der Waals surface area contributed by atoms with Crippen molar-refractivity contribution in [1.29, 1.82) is 0 Å². The summed E-state index contributed by atoms with van der Waals surface area (Å²) < 4.78 is 0. The van der Waals surface area contributed by atoms with Gasteiger partial charge in [0.2, 0.25) is 0 Å². The maximum Gasteiger partial charge on any atom is 0.0319 e. The van der Waals surface area contributed by atoms with Gasteiger partial charge in [0, 0.05) is 72.5 Å². The van der Waals surface area contributed by atoms with Crippen LogP contribution in [0.25, 0.3) is 0 Å². The van der Waals surface area contributed by atoms with Crippen molar-refractivity contribution in [2.45, 2.75) is 0 Å². The molecule has 0 bridgehead atoms. The fourth-order valence-electron chi connectivity index (χ4n) is 0.342. The Morgan fingerprint density at radius 1 is 0.833 bits per heavy atom. The van der Waals surface area contributed by atoms with Crippen LogP contribution in [0.4, 0.5) is 0 Å². The number of hydrogen-bond acceptors (Lipinski definition) is 3. The Morgan fingerprint density at radius 3 is 1.25 bits per heavy atom. The quantitative estimate of drug-likeness (QED) is 0.381. The molecule has 0 aliphatic heterocycles. The van der Waals surface area contributed by atoms with E-state index in [2.05, 4.69) is 6.07 Å². The van der Waals surface area contributed by atoms with E-state index in [4.69, 9.17) is 15.6 Å². The smallest absolute Gasteiger partial charge is 0.0319 e. The molecule has 0 saturated heterocycles. The van der Waals surface area contributed by atoms with Crippen molar-refractivity contribution in [2.24, 2.45) is 0 Å². The van der Waals surface area contributed by atoms with Gasteiger partial charge in [0.1, 0.15) is 0 Å². The molecule has 5 heteroatoms. The number of benzene rings is 1. The van der Waals surface area contributed by atoms with Crippen LogP contribution in [0.15, 0.2) is 30.3 Å². The molecule has 64 valence electrons. The molecule has 0 saturated carbocycles. The average Bonchev–Trinajstić information content (AvgIpc) is 2.14. The van der Waals surface area contributed by atoms with Gasteiger partial charge >= 0.3 is 0 Å². The van der Waals surface area contributed by atoms with Crippen LogP contribution in [0.1, 0.15) is 0 Å². The van der Waals surface area contributed by atoms with Gasteiger partial charge in [-0.3, -0.25) is 10.5 Å². The zero-order valence-electron chi connectivity index (χ0n) is 6.88. The van der Waals surface area contributed by atoms with Gasteiger partial charge in [0.05, 0.1) is 0 Å². The molecule has 3 nitrogen and oxygen atoms in total. The summed E-state index contributed by atoms with van der Waals surface area (Å²) >= 11 is 0. The van der Waals surface area contributed by atoms with Crippen LogP contribution in [0.5, 0.6) is 0 Å². The second kappa shape index (κ2) is 29.5. The maximum absolute atomic E-state index is 7.00. The summed E-state index contributed by atoms with van der Waals surface area (Å²) in [6, 6.07) is 12.5. The molecule has 1 aromatic carbocycles. The van der Waals surface area contributed by atoms with Gasteiger partial charge in [-0.25, -0.2) is 0 Å². The molecule has 0 aromatic heterocycles. The number of hydrogen-bond donors (Lipinski definition) is 3. The largest absolute Gasteiger partial charge is 0.400 e. The van der Waals surface area contributed by atoms with Crippen LogP contribution in [0.3, 0.4) is 0 Å². The van der Waals surface area contributed by atoms with Crippen LogP contribution in [-0.4, -0.2) is 22.7 Å². The number of aliphatic hydroxyl groups is 1. The van der Waals surface area contributed by atoms with Crippen LogP contribution >= 0.6 is 0 Å². The fraction of sp³-hybridized carbons (Fsp3) is 0.143. The van der Waals surface area contributed by atoms with Crippen molar-refractivity contribution >= 4 is 0 Å². The average molecular weight is 321 g/mol. The summed E-state index contributed by atoms with van der Waals surface area (Å²) in [7, 11) is 1.00. The van der Waals surface area contributed by atoms with Gasteiger partial charge in [-0.1, -0.05) is 0 Å². The minimum Gasteiger partial charge on any atom is -0.400 e. The maximum atomic E-state index is 7.00. The van der Waals surface area contributed by atoms with Gasteiger partial charge in [-0.05, 0) is 0 Å². The van der Waals surface area contributed by atoms with E-state index in [9.17, 15) is 0 Å². The van der Waals surface area contributed by atoms with Crippen molar-refractivity contribution in [3.63, 3.8) is 0 Å². The summed E-state index contributed by atoms with van der Waals surface area (Å²) in [5, 5.41) is 19.0. The number of rotatable bonds is 0. The molecular formula is C7H11O3Y2-. The summed E-state index contributed by atoms with van der Waals surface area (Å²) in [6.45, 7) is 0. The van der Waals surface area contributed by atoms with E-state index in [1.807, 2.05) is 30.3 Å². The number of aliphatic hydroxyl groups excluding tert-OH is 1. The van der Waals surface area contributed by atoms with Crippen molar-refractivity contribution in [1.82, 2.24) is 0 Å². The standard InChI is InChI=1S/C6H5.CH4O.H2O2.2Y/c1-2-4-6-5-3-1;2*1-2;;/h1-5H;2H,1H3;1-2H;;/q-1;;;;. The van der Waals surface area contributed by atoms with Crippen molar-refractivity contribution < 1.29 is 81.0 Å². The summed E-state index contributed by atoms with van der Waals surface area (Å²) in [6.07, 6.45) is 0. The van der Waals surface area contributed by atoms with E-state index in [0.29, 0.717) is 0 Å². The molecule has 0 aliphatic rings. The Hall–Kier alpha value is 1.31. The first-order valence-corrected chi connectivity index (χ1v) is 2.56. The molecule has 0 fully saturated rings. The van der Waals surface area contributed by atoms with E-state index in [1.165, 1.54) is 0 Å². The first-order chi connectivity index (χ1) is 5.00. The first-order valence-electron chi connectivity index (χ1n) is 2.56. The van der Waals surface area contributed by atoms with Gasteiger partial charge in [0.15, 0.2) is 0 Å². The summed E-state index contributed by atoms with van der Waals surface area (Å²) in [4.78, 5) is 0. The Bertz CT molecular complexity index is 88.6. The Labute approximate surface area is 123 Å². The second-order valence-electron chi connectivity index (χ2n) is 1.08. The van der Waals surface area contributed by atoms with Crippen LogP contribution in [-0.2, 0) is 65.4 Å². The fourth-order valence-corrected chi connectivity index (χ4v) is 0.342. The monoisotopic (exact) mass is 321 g/mol. The third-order valence-electron chi connectivity index (χ3n) is 0.607. The van der Waals surface area contributed by atoms with E-state index < -0.39 is 0 Å². The van der Waals surface area contributed by atoms with E-state index >= 15 is 0 Å². The minimum absolute atomic E-state index is 0. The van der Waals surface area contributed by atoms with E-state index in [0.717, 1.165) is 7.11 Å². The molecule has 12 heavy (non-hydrogen) atoms. The normalized spacial score (nSPS) is 5.00. The molecule has 0 heterocycles. The van der Waals surface area contributed by atoms with Gasteiger partial charge in [0.25, 0.3) is 0 Å². The van der Waals surface area contributed by atoms with Crippen molar-refractivity contribution in [3.8, 4) is 0 Å². The summed E-state index contributed by atoms with van der Waals surface area (Å²) in [5.74, 6) is 0.